The fourth-order valence-corrected chi connectivity index (χ4v) is 3.18. The van der Waals surface area contributed by atoms with E-state index in [-0.39, 0.29) is 5.41 Å². The summed E-state index contributed by atoms with van der Waals surface area (Å²) in [4.78, 5) is 4.28. The van der Waals surface area contributed by atoms with Crippen molar-refractivity contribution in [2.24, 2.45) is 4.99 Å². The Labute approximate surface area is 145 Å². The summed E-state index contributed by atoms with van der Waals surface area (Å²) >= 11 is 0. The van der Waals surface area contributed by atoms with Crippen LogP contribution in [0.15, 0.2) is 35.8 Å². The summed E-state index contributed by atoms with van der Waals surface area (Å²) in [5.74, 6) is 1.73. The zero-order chi connectivity index (χ0) is 17.4. The fraction of sp³-hybridized carbons (Fsp3) is 0.526. The van der Waals surface area contributed by atoms with Crippen LogP contribution in [0.1, 0.15) is 24.0 Å². The Kier molecular flexibility index (Phi) is 6.67. The Balaban J connectivity index is 2.27. The third-order valence-corrected chi connectivity index (χ3v) is 4.61. The predicted octanol–water partition coefficient (Wildman–Crippen LogP) is 2.40. The van der Waals surface area contributed by atoms with E-state index < -0.39 is 0 Å². The van der Waals surface area contributed by atoms with Crippen LogP contribution in [0, 0.1) is 6.92 Å². The predicted molar refractivity (Wildman–Crippen MR) is 99.0 cm³/mol. The number of nitrogens with one attached hydrogen (secondary N) is 2. The van der Waals surface area contributed by atoms with Crippen molar-refractivity contribution < 1.29 is 9.47 Å². The van der Waals surface area contributed by atoms with Crippen LogP contribution in [0.25, 0.3) is 0 Å². The third-order valence-electron chi connectivity index (χ3n) is 4.61. The first kappa shape index (κ1) is 18.3. The largest absolute Gasteiger partial charge is 0.496 e. The molecule has 0 unspecified atom stereocenters. The minimum atomic E-state index is -0.0264. The van der Waals surface area contributed by atoms with Crippen molar-refractivity contribution in [3.05, 3.63) is 42.0 Å². The summed E-state index contributed by atoms with van der Waals surface area (Å²) < 4.78 is 11.3. The van der Waals surface area contributed by atoms with E-state index in [1.54, 1.807) is 14.2 Å². The van der Waals surface area contributed by atoms with E-state index in [9.17, 15) is 0 Å². The Morgan fingerprint density at radius 2 is 2.12 bits per heavy atom. The van der Waals surface area contributed by atoms with E-state index in [0.717, 1.165) is 44.3 Å². The first-order valence-electron chi connectivity index (χ1n) is 8.43. The molecular formula is C19H29N3O2. The fourth-order valence-electron chi connectivity index (χ4n) is 3.18. The van der Waals surface area contributed by atoms with Crippen LogP contribution in [0.2, 0.25) is 0 Å². The van der Waals surface area contributed by atoms with Crippen LogP contribution in [-0.2, 0) is 10.2 Å². The number of hydrogen-bond acceptors (Lipinski definition) is 3. The van der Waals surface area contributed by atoms with Crippen molar-refractivity contribution in [2.45, 2.75) is 25.2 Å². The molecule has 1 aromatic carbocycles. The molecule has 5 nitrogen and oxygen atoms in total. The van der Waals surface area contributed by atoms with Gasteiger partial charge in [-0.15, -0.1) is 6.58 Å². The Morgan fingerprint density at radius 3 is 2.75 bits per heavy atom. The summed E-state index contributed by atoms with van der Waals surface area (Å²) in [5, 5.41) is 6.69. The van der Waals surface area contributed by atoms with Crippen molar-refractivity contribution in [3.63, 3.8) is 0 Å². The second kappa shape index (κ2) is 8.73. The van der Waals surface area contributed by atoms with E-state index in [4.69, 9.17) is 9.47 Å². The number of hydrogen-bond donors (Lipinski definition) is 2. The first-order chi connectivity index (χ1) is 11.6. The van der Waals surface area contributed by atoms with Gasteiger partial charge >= 0.3 is 0 Å². The number of ether oxygens (including phenoxy) is 2. The molecule has 0 saturated carbocycles. The second-order valence-corrected chi connectivity index (χ2v) is 6.19. The molecule has 5 heteroatoms. The van der Waals surface area contributed by atoms with Gasteiger partial charge in [0, 0.05) is 44.3 Å². The summed E-state index contributed by atoms with van der Waals surface area (Å²) in [6.07, 6.45) is 3.73. The summed E-state index contributed by atoms with van der Waals surface area (Å²) in [6.45, 7) is 8.84. The Bertz CT molecular complexity index is 578. The monoisotopic (exact) mass is 331 g/mol. The van der Waals surface area contributed by atoms with Gasteiger partial charge in [-0.05, 0) is 25.8 Å². The number of rotatable bonds is 6. The maximum atomic E-state index is 5.65. The molecule has 0 spiro atoms. The van der Waals surface area contributed by atoms with E-state index in [1.165, 1.54) is 11.1 Å². The molecule has 1 aliphatic rings. The minimum Gasteiger partial charge on any atom is -0.496 e. The molecule has 1 saturated heterocycles. The van der Waals surface area contributed by atoms with Gasteiger partial charge in [-0.2, -0.15) is 0 Å². The van der Waals surface area contributed by atoms with Gasteiger partial charge in [0.2, 0.25) is 0 Å². The summed E-state index contributed by atoms with van der Waals surface area (Å²) in [6, 6.07) is 6.39. The Morgan fingerprint density at radius 1 is 1.38 bits per heavy atom. The molecular weight excluding hydrogens is 302 g/mol. The van der Waals surface area contributed by atoms with Gasteiger partial charge in [0.25, 0.3) is 0 Å². The number of aryl methyl sites for hydroxylation is 1. The van der Waals surface area contributed by atoms with Gasteiger partial charge in [0.1, 0.15) is 5.75 Å². The zero-order valence-electron chi connectivity index (χ0n) is 15.0. The van der Waals surface area contributed by atoms with Crippen LogP contribution in [-0.4, -0.2) is 46.4 Å². The number of benzene rings is 1. The number of guanidine groups is 1. The third kappa shape index (κ3) is 4.29. The smallest absolute Gasteiger partial charge is 0.191 e. The number of nitrogens with zero attached hydrogens (tertiary/aromatic N) is 1. The molecule has 0 bridgehead atoms. The van der Waals surface area contributed by atoms with Gasteiger partial charge < -0.3 is 20.1 Å². The van der Waals surface area contributed by atoms with Crippen molar-refractivity contribution in [1.82, 2.24) is 10.6 Å². The van der Waals surface area contributed by atoms with Gasteiger partial charge in [-0.25, -0.2) is 0 Å². The van der Waals surface area contributed by atoms with Gasteiger partial charge in [0.15, 0.2) is 5.96 Å². The normalized spacial score (nSPS) is 17.2. The van der Waals surface area contributed by atoms with Crippen molar-refractivity contribution >= 4 is 5.96 Å². The zero-order valence-corrected chi connectivity index (χ0v) is 15.0. The highest BCUT2D eigenvalue weighted by molar-refractivity contribution is 5.79. The van der Waals surface area contributed by atoms with E-state index in [0.29, 0.717) is 6.54 Å². The lowest BCUT2D eigenvalue weighted by molar-refractivity contribution is 0.0505. The van der Waals surface area contributed by atoms with E-state index >= 15 is 0 Å². The topological polar surface area (TPSA) is 54.9 Å². The SMILES string of the molecule is C=CCNC(=NC)NCC1(c2cc(C)ccc2OC)CCOCC1. The maximum absolute atomic E-state index is 5.65. The standard InChI is InChI=1S/C19H29N3O2/c1-5-10-21-18(20-3)22-14-19(8-11-24-12-9-19)16-13-15(2)6-7-17(16)23-4/h5-7,13H,1,8-12,14H2,2-4H3,(H2,20,21,22). The molecule has 0 atom stereocenters. The van der Waals surface area contributed by atoms with Crippen LogP contribution in [0.3, 0.4) is 0 Å². The number of methoxy groups -OCH3 is 1. The molecule has 2 N–H and O–H groups in total. The van der Waals surface area contributed by atoms with E-state index in [2.05, 4.69) is 47.3 Å². The van der Waals surface area contributed by atoms with Gasteiger partial charge in [0.05, 0.1) is 7.11 Å². The quantitative estimate of drug-likeness (QED) is 0.477. The van der Waals surface area contributed by atoms with Gasteiger partial charge in [-0.1, -0.05) is 23.8 Å². The van der Waals surface area contributed by atoms with Crippen molar-refractivity contribution in [1.29, 1.82) is 0 Å². The number of aliphatic imine (C=N–C) groups is 1. The minimum absolute atomic E-state index is 0.0264. The second-order valence-electron chi connectivity index (χ2n) is 6.19. The molecule has 1 aliphatic heterocycles. The van der Waals surface area contributed by atoms with Gasteiger partial charge in [-0.3, -0.25) is 4.99 Å². The summed E-state index contributed by atoms with van der Waals surface area (Å²) in [7, 11) is 3.52. The highest BCUT2D eigenvalue weighted by atomic mass is 16.5. The molecule has 1 aromatic rings. The average Bonchev–Trinajstić information content (AvgIpc) is 2.62. The highest BCUT2D eigenvalue weighted by Crippen LogP contribution is 2.39. The Hall–Kier alpha value is -2.01. The van der Waals surface area contributed by atoms with Crippen molar-refractivity contribution in [2.75, 3.05) is 40.5 Å². The lowest BCUT2D eigenvalue weighted by atomic mass is 9.73. The van der Waals surface area contributed by atoms with Crippen molar-refractivity contribution in [3.8, 4) is 5.75 Å². The first-order valence-corrected chi connectivity index (χ1v) is 8.43. The molecule has 2 rings (SSSR count). The molecule has 1 heterocycles. The molecule has 0 aromatic heterocycles. The summed E-state index contributed by atoms with van der Waals surface area (Å²) in [5.41, 5.74) is 2.47. The molecule has 132 valence electrons. The van der Waals surface area contributed by atoms with Crippen LogP contribution >= 0.6 is 0 Å². The van der Waals surface area contributed by atoms with Crippen LogP contribution in [0.5, 0.6) is 5.75 Å². The van der Waals surface area contributed by atoms with Crippen LogP contribution in [0.4, 0.5) is 0 Å². The molecule has 0 amide bonds. The molecule has 24 heavy (non-hydrogen) atoms. The molecule has 0 aliphatic carbocycles. The molecule has 0 radical (unpaired) electrons. The highest BCUT2D eigenvalue weighted by Gasteiger charge is 2.37. The molecule has 1 fully saturated rings. The van der Waals surface area contributed by atoms with E-state index in [1.807, 2.05) is 6.08 Å². The lowest BCUT2D eigenvalue weighted by Crippen LogP contribution is -2.48. The average molecular weight is 331 g/mol. The lowest BCUT2D eigenvalue weighted by Gasteiger charge is -2.39. The van der Waals surface area contributed by atoms with Crippen LogP contribution < -0.4 is 15.4 Å². The maximum Gasteiger partial charge on any atom is 0.191 e.